The van der Waals surface area contributed by atoms with Crippen molar-refractivity contribution in [3.05, 3.63) is 17.0 Å². The summed E-state index contributed by atoms with van der Waals surface area (Å²) in [4.78, 5) is 10.6. The maximum Gasteiger partial charge on any atom is 0.137 e. The maximum absolute atomic E-state index is 6.01. The summed E-state index contributed by atoms with van der Waals surface area (Å²) in [6, 6.07) is 0. The van der Waals surface area contributed by atoms with Crippen LogP contribution in [0.3, 0.4) is 0 Å². The normalized spacial score (nSPS) is 28.5. The molecule has 86 valence electrons. The minimum atomic E-state index is 0.367. The smallest absolute Gasteiger partial charge is 0.137 e. The van der Waals surface area contributed by atoms with E-state index >= 15 is 0 Å². The molecule has 3 rings (SSSR count). The van der Waals surface area contributed by atoms with Gasteiger partial charge in [-0.25, -0.2) is 9.97 Å². The number of morpholine rings is 1. The zero-order valence-electron chi connectivity index (χ0n) is 9.19. The highest BCUT2D eigenvalue weighted by Gasteiger charge is 2.34. The standard InChI is InChI=1S/C11H14ClN3O/c1-7-10(12)13-6-14-11(7)15-4-8-2-3-9(5-15)16-8/h6,8-9H,2-5H2,1H3. The summed E-state index contributed by atoms with van der Waals surface area (Å²) in [6.07, 6.45) is 4.60. The minimum absolute atomic E-state index is 0.367. The Labute approximate surface area is 99.6 Å². The second-order valence-corrected chi connectivity index (χ2v) is 4.83. The molecule has 2 fully saturated rings. The third kappa shape index (κ3) is 1.66. The molecule has 0 saturated carbocycles. The highest BCUT2D eigenvalue weighted by molar-refractivity contribution is 6.30. The van der Waals surface area contributed by atoms with Gasteiger partial charge in [0.05, 0.1) is 12.2 Å². The van der Waals surface area contributed by atoms with Crippen LogP contribution in [0, 0.1) is 6.92 Å². The molecule has 0 amide bonds. The molecule has 1 aromatic rings. The second-order valence-electron chi connectivity index (χ2n) is 4.48. The van der Waals surface area contributed by atoms with E-state index in [0.29, 0.717) is 17.4 Å². The Morgan fingerprint density at radius 1 is 1.31 bits per heavy atom. The van der Waals surface area contributed by atoms with Crippen LogP contribution in [0.1, 0.15) is 18.4 Å². The van der Waals surface area contributed by atoms with E-state index in [1.165, 1.54) is 19.2 Å². The fourth-order valence-corrected chi connectivity index (χ4v) is 2.65. The van der Waals surface area contributed by atoms with Gasteiger partial charge in [0, 0.05) is 18.7 Å². The summed E-state index contributed by atoms with van der Waals surface area (Å²) < 4.78 is 5.80. The van der Waals surface area contributed by atoms with Gasteiger partial charge in [-0.1, -0.05) is 11.6 Å². The molecule has 0 radical (unpaired) electrons. The molecular weight excluding hydrogens is 226 g/mol. The predicted molar refractivity (Wildman–Crippen MR) is 61.9 cm³/mol. The first kappa shape index (κ1) is 10.3. The van der Waals surface area contributed by atoms with Crippen molar-refractivity contribution in [3.8, 4) is 0 Å². The monoisotopic (exact) mass is 239 g/mol. The van der Waals surface area contributed by atoms with Gasteiger partial charge in [-0.2, -0.15) is 0 Å². The van der Waals surface area contributed by atoms with Gasteiger partial charge >= 0.3 is 0 Å². The van der Waals surface area contributed by atoms with Crippen molar-refractivity contribution in [1.82, 2.24) is 9.97 Å². The highest BCUT2D eigenvalue weighted by atomic mass is 35.5. The minimum Gasteiger partial charge on any atom is -0.371 e. The first-order valence-corrected chi connectivity index (χ1v) is 5.99. The number of fused-ring (bicyclic) bond motifs is 2. The van der Waals surface area contributed by atoms with E-state index in [-0.39, 0.29) is 0 Å². The molecule has 2 aliphatic rings. The van der Waals surface area contributed by atoms with Crippen molar-refractivity contribution in [1.29, 1.82) is 0 Å². The van der Waals surface area contributed by atoms with E-state index in [4.69, 9.17) is 16.3 Å². The van der Waals surface area contributed by atoms with E-state index in [1.807, 2.05) is 6.92 Å². The molecule has 16 heavy (non-hydrogen) atoms. The first-order valence-electron chi connectivity index (χ1n) is 5.61. The van der Waals surface area contributed by atoms with Crippen LogP contribution in [0.5, 0.6) is 0 Å². The molecule has 5 heteroatoms. The van der Waals surface area contributed by atoms with Gasteiger partial charge in [0.15, 0.2) is 0 Å². The molecule has 0 spiro atoms. The Morgan fingerprint density at radius 3 is 2.69 bits per heavy atom. The lowest BCUT2D eigenvalue weighted by atomic mass is 10.2. The Balaban J connectivity index is 1.89. The molecule has 2 unspecified atom stereocenters. The van der Waals surface area contributed by atoms with E-state index in [2.05, 4.69) is 14.9 Å². The lowest BCUT2D eigenvalue weighted by Crippen LogP contribution is -2.43. The predicted octanol–water partition coefficient (Wildman–Crippen LogP) is 1.81. The van der Waals surface area contributed by atoms with Crippen LogP contribution in [-0.4, -0.2) is 35.3 Å². The molecule has 0 aromatic carbocycles. The molecule has 3 heterocycles. The Hall–Kier alpha value is -0.870. The van der Waals surface area contributed by atoms with Crippen LogP contribution >= 0.6 is 11.6 Å². The van der Waals surface area contributed by atoms with Gasteiger partial charge in [-0.15, -0.1) is 0 Å². The zero-order valence-corrected chi connectivity index (χ0v) is 9.94. The van der Waals surface area contributed by atoms with E-state index in [1.54, 1.807) is 0 Å². The fourth-order valence-electron chi connectivity index (χ4n) is 2.53. The maximum atomic E-state index is 6.01. The van der Waals surface area contributed by atoms with Gasteiger partial charge in [-0.05, 0) is 19.8 Å². The van der Waals surface area contributed by atoms with Gasteiger partial charge < -0.3 is 9.64 Å². The Kier molecular flexibility index (Phi) is 2.48. The SMILES string of the molecule is Cc1c(Cl)ncnc1N1CC2CCC(C1)O2. The van der Waals surface area contributed by atoms with Crippen molar-refractivity contribution in [2.24, 2.45) is 0 Å². The largest absolute Gasteiger partial charge is 0.371 e. The average molecular weight is 240 g/mol. The number of anilines is 1. The number of halogens is 1. The first-order chi connectivity index (χ1) is 7.74. The van der Waals surface area contributed by atoms with Crippen LogP contribution in [0.2, 0.25) is 5.15 Å². The number of rotatable bonds is 1. The average Bonchev–Trinajstić information content (AvgIpc) is 2.62. The quantitative estimate of drug-likeness (QED) is 0.701. The van der Waals surface area contributed by atoms with E-state index < -0.39 is 0 Å². The number of hydrogen-bond acceptors (Lipinski definition) is 4. The van der Waals surface area contributed by atoms with Crippen LogP contribution in [0.15, 0.2) is 6.33 Å². The van der Waals surface area contributed by atoms with Crippen molar-refractivity contribution < 1.29 is 4.74 Å². The summed E-state index contributed by atoms with van der Waals surface area (Å²) in [5, 5.41) is 0.545. The molecular formula is C11H14ClN3O. The number of aromatic nitrogens is 2. The van der Waals surface area contributed by atoms with Crippen molar-refractivity contribution in [2.75, 3.05) is 18.0 Å². The molecule has 1 aromatic heterocycles. The molecule has 0 aliphatic carbocycles. The number of ether oxygens (including phenoxy) is 1. The summed E-state index contributed by atoms with van der Waals surface area (Å²) in [5.74, 6) is 0.959. The lowest BCUT2D eigenvalue weighted by Gasteiger charge is -2.33. The van der Waals surface area contributed by atoms with Crippen LogP contribution < -0.4 is 4.90 Å². The van der Waals surface area contributed by atoms with Gasteiger partial charge in [0.25, 0.3) is 0 Å². The Bertz CT molecular complexity index is 400. The molecule has 2 bridgehead atoms. The third-order valence-electron chi connectivity index (χ3n) is 3.34. The molecule has 2 atom stereocenters. The zero-order chi connectivity index (χ0) is 11.1. The molecule has 2 aliphatic heterocycles. The fraction of sp³-hybridized carbons (Fsp3) is 0.636. The molecule has 2 saturated heterocycles. The van der Waals surface area contributed by atoms with Crippen molar-refractivity contribution in [3.63, 3.8) is 0 Å². The van der Waals surface area contributed by atoms with Gasteiger partial charge in [-0.3, -0.25) is 0 Å². The Morgan fingerprint density at radius 2 is 2.00 bits per heavy atom. The number of hydrogen-bond donors (Lipinski definition) is 0. The number of nitrogens with zero attached hydrogens (tertiary/aromatic N) is 3. The molecule has 4 nitrogen and oxygen atoms in total. The summed E-state index contributed by atoms with van der Waals surface area (Å²) in [7, 11) is 0. The van der Waals surface area contributed by atoms with Crippen molar-refractivity contribution >= 4 is 17.4 Å². The lowest BCUT2D eigenvalue weighted by molar-refractivity contribution is 0.0302. The summed E-state index contributed by atoms with van der Waals surface area (Å²) in [6.45, 7) is 3.81. The summed E-state index contributed by atoms with van der Waals surface area (Å²) in [5.41, 5.74) is 0.963. The van der Waals surface area contributed by atoms with Gasteiger partial charge in [0.1, 0.15) is 17.3 Å². The van der Waals surface area contributed by atoms with Gasteiger partial charge in [0.2, 0.25) is 0 Å². The van der Waals surface area contributed by atoms with Crippen LogP contribution in [-0.2, 0) is 4.74 Å². The van der Waals surface area contributed by atoms with Crippen LogP contribution in [0.25, 0.3) is 0 Å². The van der Waals surface area contributed by atoms with E-state index in [9.17, 15) is 0 Å². The second kappa shape index (κ2) is 3.86. The highest BCUT2D eigenvalue weighted by Crippen LogP contribution is 2.31. The van der Waals surface area contributed by atoms with Crippen molar-refractivity contribution in [2.45, 2.75) is 32.0 Å². The topological polar surface area (TPSA) is 38.2 Å². The molecule has 0 N–H and O–H groups in total. The third-order valence-corrected chi connectivity index (χ3v) is 3.72. The van der Waals surface area contributed by atoms with E-state index in [0.717, 1.165) is 24.5 Å². The summed E-state index contributed by atoms with van der Waals surface area (Å²) >= 11 is 6.01. The van der Waals surface area contributed by atoms with Crippen LogP contribution in [0.4, 0.5) is 5.82 Å².